The topological polar surface area (TPSA) is 126 Å². The molecular weight excluding hydrogens is 465 g/mol. The number of hydrogen-bond acceptors (Lipinski definition) is 6. The molecule has 10 heteroatoms. The van der Waals surface area contributed by atoms with Crippen LogP contribution in [0, 0.1) is 11.9 Å². The average Bonchev–Trinajstić information content (AvgIpc) is 3.41. The van der Waals surface area contributed by atoms with E-state index in [9.17, 15) is 18.8 Å². The Bertz CT molecular complexity index is 1240. The van der Waals surface area contributed by atoms with Crippen molar-refractivity contribution in [2.45, 2.75) is 44.7 Å². The standard InChI is InChI=1S/C26H28FN5O4/c1-28-26(35)23(17-6-3-2-4-7-17)32-25(34)21-11-10-20(36-21)19-14-16(12-13-29-19)15-30-24(33)18-8-5-9-22(27)31-18/h5,8-14,17,23H,2-4,6-7,15H2,1H3,(H,28,35)(H,30,33)(H,32,34)/t23-/m0/s1. The summed E-state index contributed by atoms with van der Waals surface area (Å²) in [5.41, 5.74) is 1.18. The second-order valence-corrected chi connectivity index (χ2v) is 8.70. The van der Waals surface area contributed by atoms with E-state index < -0.39 is 23.8 Å². The van der Waals surface area contributed by atoms with E-state index in [1.165, 1.54) is 24.3 Å². The number of carbonyl (C=O) groups is 3. The molecule has 0 aromatic carbocycles. The number of pyridine rings is 2. The SMILES string of the molecule is CNC(=O)[C@@H](NC(=O)c1ccc(-c2cc(CNC(=O)c3cccc(F)n3)ccn2)o1)C1CCCCC1. The summed E-state index contributed by atoms with van der Waals surface area (Å²) in [5.74, 6) is -1.38. The number of nitrogens with zero attached hydrogens (tertiary/aromatic N) is 2. The number of furan rings is 1. The second kappa shape index (κ2) is 11.6. The Balaban J connectivity index is 1.41. The van der Waals surface area contributed by atoms with Crippen molar-refractivity contribution in [1.82, 2.24) is 25.9 Å². The summed E-state index contributed by atoms with van der Waals surface area (Å²) in [6.07, 6.45) is 6.57. The molecule has 4 rings (SSSR count). The summed E-state index contributed by atoms with van der Waals surface area (Å²) < 4.78 is 19.0. The monoisotopic (exact) mass is 493 g/mol. The lowest BCUT2D eigenvalue weighted by Gasteiger charge is -2.29. The minimum atomic E-state index is -0.730. The van der Waals surface area contributed by atoms with E-state index >= 15 is 0 Å². The van der Waals surface area contributed by atoms with E-state index in [1.54, 1.807) is 31.4 Å². The Morgan fingerprint density at radius 3 is 2.64 bits per heavy atom. The third kappa shape index (κ3) is 6.12. The highest BCUT2D eigenvalue weighted by Gasteiger charge is 2.31. The van der Waals surface area contributed by atoms with Gasteiger partial charge in [-0.1, -0.05) is 25.3 Å². The molecule has 36 heavy (non-hydrogen) atoms. The Labute approximate surface area is 207 Å². The molecule has 1 aliphatic carbocycles. The Hall–Kier alpha value is -4.08. The van der Waals surface area contributed by atoms with Gasteiger partial charge in [-0.05, 0) is 60.7 Å². The molecule has 0 bridgehead atoms. The zero-order valence-electron chi connectivity index (χ0n) is 19.9. The number of carbonyl (C=O) groups excluding carboxylic acids is 3. The normalized spacial score (nSPS) is 14.6. The molecule has 3 amide bonds. The van der Waals surface area contributed by atoms with Crippen LogP contribution in [0.2, 0.25) is 0 Å². The molecule has 188 valence electrons. The van der Waals surface area contributed by atoms with Crippen molar-refractivity contribution in [2.24, 2.45) is 5.92 Å². The van der Waals surface area contributed by atoms with Gasteiger partial charge in [-0.25, -0.2) is 4.98 Å². The maximum Gasteiger partial charge on any atom is 0.287 e. The lowest BCUT2D eigenvalue weighted by molar-refractivity contribution is -0.124. The van der Waals surface area contributed by atoms with Crippen LogP contribution in [0.3, 0.4) is 0 Å². The summed E-state index contributed by atoms with van der Waals surface area (Å²) in [6.45, 7) is 0.162. The minimum absolute atomic E-state index is 0.0192. The zero-order valence-corrected chi connectivity index (χ0v) is 19.9. The van der Waals surface area contributed by atoms with Crippen molar-refractivity contribution >= 4 is 17.7 Å². The fourth-order valence-corrected chi connectivity index (χ4v) is 4.36. The van der Waals surface area contributed by atoms with Gasteiger partial charge in [0.05, 0.1) is 0 Å². The van der Waals surface area contributed by atoms with Crippen molar-refractivity contribution in [3.63, 3.8) is 0 Å². The lowest BCUT2D eigenvalue weighted by atomic mass is 9.83. The lowest BCUT2D eigenvalue weighted by Crippen LogP contribution is -2.50. The van der Waals surface area contributed by atoms with Gasteiger partial charge in [0.25, 0.3) is 11.8 Å². The zero-order chi connectivity index (χ0) is 25.5. The number of hydrogen-bond donors (Lipinski definition) is 3. The van der Waals surface area contributed by atoms with Crippen LogP contribution in [0.25, 0.3) is 11.5 Å². The van der Waals surface area contributed by atoms with E-state index in [-0.39, 0.29) is 29.8 Å². The Morgan fingerprint density at radius 1 is 1.08 bits per heavy atom. The second-order valence-electron chi connectivity index (χ2n) is 8.70. The van der Waals surface area contributed by atoms with Gasteiger partial charge in [0.1, 0.15) is 17.4 Å². The van der Waals surface area contributed by atoms with E-state index in [4.69, 9.17) is 4.42 Å². The van der Waals surface area contributed by atoms with Crippen molar-refractivity contribution < 1.29 is 23.2 Å². The minimum Gasteiger partial charge on any atom is -0.449 e. The molecule has 9 nitrogen and oxygen atoms in total. The molecule has 0 aliphatic heterocycles. The van der Waals surface area contributed by atoms with Crippen molar-refractivity contribution in [1.29, 1.82) is 0 Å². The predicted molar refractivity (Wildman–Crippen MR) is 129 cm³/mol. The van der Waals surface area contributed by atoms with Crippen molar-refractivity contribution in [3.8, 4) is 11.5 Å². The fraction of sp³-hybridized carbons (Fsp3) is 0.346. The average molecular weight is 494 g/mol. The van der Waals surface area contributed by atoms with Gasteiger partial charge in [0.15, 0.2) is 11.5 Å². The van der Waals surface area contributed by atoms with Gasteiger partial charge in [-0.3, -0.25) is 19.4 Å². The van der Waals surface area contributed by atoms with Crippen LogP contribution in [-0.2, 0) is 11.3 Å². The quantitative estimate of drug-likeness (QED) is 0.414. The van der Waals surface area contributed by atoms with E-state index in [1.807, 2.05) is 0 Å². The highest BCUT2D eigenvalue weighted by molar-refractivity contribution is 5.96. The number of rotatable bonds is 8. The van der Waals surface area contributed by atoms with Crippen LogP contribution in [0.4, 0.5) is 4.39 Å². The first-order valence-corrected chi connectivity index (χ1v) is 11.9. The van der Waals surface area contributed by atoms with Crippen LogP contribution < -0.4 is 16.0 Å². The van der Waals surface area contributed by atoms with Crippen LogP contribution in [0.5, 0.6) is 0 Å². The fourth-order valence-electron chi connectivity index (χ4n) is 4.36. The van der Waals surface area contributed by atoms with E-state index in [0.717, 1.165) is 37.7 Å². The van der Waals surface area contributed by atoms with Crippen LogP contribution in [0.15, 0.2) is 53.1 Å². The van der Waals surface area contributed by atoms with Crippen LogP contribution in [-0.4, -0.2) is 40.8 Å². The van der Waals surface area contributed by atoms with Crippen LogP contribution in [0.1, 0.15) is 58.7 Å². The maximum atomic E-state index is 13.3. The Morgan fingerprint density at radius 2 is 1.89 bits per heavy atom. The first-order valence-electron chi connectivity index (χ1n) is 11.9. The molecule has 3 N–H and O–H groups in total. The van der Waals surface area contributed by atoms with Gasteiger partial charge in [0, 0.05) is 19.8 Å². The first kappa shape index (κ1) is 25.0. The third-order valence-electron chi connectivity index (χ3n) is 6.24. The summed E-state index contributed by atoms with van der Waals surface area (Å²) in [4.78, 5) is 45.4. The number of nitrogens with one attached hydrogen (secondary N) is 3. The molecule has 0 spiro atoms. The predicted octanol–water partition coefficient (Wildman–Crippen LogP) is 3.23. The summed E-state index contributed by atoms with van der Waals surface area (Å²) >= 11 is 0. The molecular formula is C26H28FN5O4. The van der Waals surface area contributed by atoms with E-state index in [0.29, 0.717) is 11.5 Å². The molecule has 1 aliphatic rings. The van der Waals surface area contributed by atoms with Gasteiger partial charge < -0.3 is 20.4 Å². The smallest absolute Gasteiger partial charge is 0.287 e. The summed E-state index contributed by atoms with van der Waals surface area (Å²) in [7, 11) is 1.56. The molecule has 3 heterocycles. The summed E-state index contributed by atoms with van der Waals surface area (Å²) in [5, 5.41) is 8.16. The number of aromatic nitrogens is 2. The van der Waals surface area contributed by atoms with Gasteiger partial charge in [-0.2, -0.15) is 4.39 Å². The highest BCUT2D eigenvalue weighted by Crippen LogP contribution is 2.27. The molecule has 3 aromatic heterocycles. The molecule has 0 saturated heterocycles. The molecule has 1 fully saturated rings. The third-order valence-corrected chi connectivity index (χ3v) is 6.24. The maximum absolute atomic E-state index is 13.3. The van der Waals surface area contributed by atoms with Gasteiger partial charge in [-0.15, -0.1) is 0 Å². The molecule has 0 unspecified atom stereocenters. The number of halogens is 1. The van der Waals surface area contributed by atoms with Crippen molar-refractivity contribution in [2.75, 3.05) is 7.05 Å². The van der Waals surface area contributed by atoms with Gasteiger partial charge >= 0.3 is 0 Å². The number of amides is 3. The largest absolute Gasteiger partial charge is 0.449 e. The van der Waals surface area contributed by atoms with Crippen molar-refractivity contribution in [3.05, 3.63) is 71.6 Å². The Kier molecular flexibility index (Phi) is 8.04. The molecule has 1 saturated carbocycles. The number of likely N-dealkylation sites (N-methyl/N-ethyl adjacent to an activating group) is 1. The molecule has 3 aromatic rings. The molecule has 1 atom stereocenters. The summed E-state index contributed by atoms with van der Waals surface area (Å²) in [6, 6.07) is 10.00. The molecule has 0 radical (unpaired) electrons. The first-order chi connectivity index (χ1) is 17.4. The highest BCUT2D eigenvalue weighted by atomic mass is 19.1. The van der Waals surface area contributed by atoms with Gasteiger partial charge in [0.2, 0.25) is 11.9 Å². The van der Waals surface area contributed by atoms with Crippen LogP contribution >= 0.6 is 0 Å². The van der Waals surface area contributed by atoms with E-state index in [2.05, 4.69) is 25.9 Å².